The zero-order valence-electron chi connectivity index (χ0n) is 15.9. The Bertz CT molecular complexity index is 568. The smallest absolute Gasteiger partial charge is 0.0186 e. The highest BCUT2D eigenvalue weighted by Gasteiger charge is 2.12. The highest BCUT2D eigenvalue weighted by atomic mass is 32.1. The zero-order valence-corrected chi connectivity index (χ0v) is 17.7. The van der Waals surface area contributed by atoms with E-state index in [-0.39, 0.29) is 7.92 Å². The number of nitrogens with zero attached hydrogens (tertiary/aromatic N) is 2. The van der Waals surface area contributed by atoms with Gasteiger partial charge in [0.05, 0.1) is 0 Å². The Balaban J connectivity index is 2.05. The molecule has 0 aliphatic carbocycles. The first-order valence-electron chi connectivity index (χ1n) is 8.85. The van der Waals surface area contributed by atoms with Gasteiger partial charge in [0.1, 0.15) is 0 Å². The van der Waals surface area contributed by atoms with E-state index in [1.165, 1.54) is 21.7 Å². The van der Waals surface area contributed by atoms with Crippen molar-refractivity contribution in [3.8, 4) is 0 Å². The largest absolute Gasteiger partial charge is 0.309 e. The molecule has 0 aliphatic heterocycles. The molecule has 0 bridgehead atoms. The van der Waals surface area contributed by atoms with Gasteiger partial charge in [-0.05, 0) is 70.7 Å². The number of hydrogen-bond acceptors (Lipinski definition) is 3. The molecule has 0 radical (unpaired) electrons. The maximum Gasteiger partial charge on any atom is 0.0186 e. The first-order chi connectivity index (χ1) is 12.0. The van der Waals surface area contributed by atoms with Gasteiger partial charge in [0, 0.05) is 18.6 Å². The minimum atomic E-state index is -0.374. The fourth-order valence-electron chi connectivity index (χ4n) is 2.70. The van der Waals surface area contributed by atoms with Crippen molar-refractivity contribution in [1.82, 2.24) is 9.80 Å². The Hall–Kier alpha value is -0.860. The standard InChI is InChI=1S/C21H31N2PS/c1-22(2)15-13-18-5-9-20(10-6-18)24(17-25)21-11-7-19(8-12-21)14-16-23(3)4/h5-12,25H,13-17H2,1-4H3. The van der Waals surface area contributed by atoms with E-state index in [0.29, 0.717) is 0 Å². The summed E-state index contributed by atoms with van der Waals surface area (Å²) in [6.07, 6.45) is 2.21. The summed E-state index contributed by atoms with van der Waals surface area (Å²) in [7, 11) is 8.11. The minimum absolute atomic E-state index is 0.374. The molecule has 25 heavy (non-hydrogen) atoms. The van der Waals surface area contributed by atoms with E-state index in [1.807, 2.05) is 0 Å². The summed E-state index contributed by atoms with van der Waals surface area (Å²) in [4.78, 5) is 4.46. The summed E-state index contributed by atoms with van der Waals surface area (Å²) in [5.74, 6) is 0. The molecule has 0 aromatic heterocycles. The Morgan fingerprint density at radius 2 is 1.04 bits per heavy atom. The van der Waals surface area contributed by atoms with Gasteiger partial charge in [0.15, 0.2) is 0 Å². The molecule has 2 aromatic carbocycles. The van der Waals surface area contributed by atoms with E-state index in [0.717, 1.165) is 31.4 Å². The Kier molecular flexibility index (Phi) is 8.45. The summed E-state index contributed by atoms with van der Waals surface area (Å²) >= 11 is 4.64. The third-order valence-corrected chi connectivity index (χ3v) is 7.31. The number of benzene rings is 2. The second-order valence-corrected chi connectivity index (χ2v) is 10.0. The van der Waals surface area contributed by atoms with E-state index >= 15 is 0 Å². The lowest BCUT2D eigenvalue weighted by Crippen LogP contribution is -2.17. The molecule has 2 aromatic rings. The van der Waals surface area contributed by atoms with E-state index in [1.54, 1.807) is 0 Å². The highest BCUT2D eigenvalue weighted by molar-refractivity contribution is 7.93. The first kappa shape index (κ1) is 20.5. The van der Waals surface area contributed by atoms with Gasteiger partial charge in [0.2, 0.25) is 0 Å². The molecule has 0 fully saturated rings. The molecule has 136 valence electrons. The number of thiol groups is 1. The Morgan fingerprint density at radius 3 is 1.32 bits per heavy atom. The van der Waals surface area contributed by atoms with Crippen molar-refractivity contribution in [2.45, 2.75) is 12.8 Å². The van der Waals surface area contributed by atoms with Crippen molar-refractivity contribution in [2.75, 3.05) is 46.8 Å². The summed E-state index contributed by atoms with van der Waals surface area (Å²) in [5.41, 5.74) is 3.71. The van der Waals surface area contributed by atoms with Crippen molar-refractivity contribution >= 4 is 31.2 Å². The van der Waals surface area contributed by atoms with Crippen LogP contribution in [0.1, 0.15) is 11.1 Å². The number of hydrogen-bond donors (Lipinski definition) is 1. The molecule has 0 saturated heterocycles. The molecule has 2 nitrogen and oxygen atoms in total. The Morgan fingerprint density at radius 1 is 0.680 bits per heavy atom. The molecule has 0 N–H and O–H groups in total. The van der Waals surface area contributed by atoms with Gasteiger partial charge >= 0.3 is 0 Å². The molecule has 0 amide bonds. The maximum absolute atomic E-state index is 4.64. The zero-order chi connectivity index (χ0) is 18.2. The molecular formula is C21H31N2PS. The first-order valence-corrected chi connectivity index (χ1v) is 11.0. The van der Waals surface area contributed by atoms with Gasteiger partial charge in [-0.25, -0.2) is 0 Å². The van der Waals surface area contributed by atoms with Crippen LogP contribution in [0.2, 0.25) is 0 Å². The summed E-state index contributed by atoms with van der Waals surface area (Å²) in [5, 5.41) is 2.83. The number of rotatable bonds is 9. The van der Waals surface area contributed by atoms with Crippen LogP contribution < -0.4 is 10.6 Å². The Labute approximate surface area is 160 Å². The predicted molar refractivity (Wildman–Crippen MR) is 117 cm³/mol. The van der Waals surface area contributed by atoms with Crippen LogP contribution in [0.3, 0.4) is 0 Å². The lowest BCUT2D eigenvalue weighted by molar-refractivity contribution is 0.413. The van der Waals surface area contributed by atoms with Gasteiger partial charge < -0.3 is 9.80 Å². The molecule has 2 rings (SSSR count). The van der Waals surface area contributed by atoms with Gasteiger partial charge in [-0.2, -0.15) is 12.6 Å². The van der Waals surface area contributed by atoms with E-state index in [4.69, 9.17) is 0 Å². The second-order valence-electron chi connectivity index (χ2n) is 7.01. The average molecular weight is 375 g/mol. The molecule has 0 heterocycles. The molecule has 0 aliphatic rings. The van der Waals surface area contributed by atoms with Crippen LogP contribution in [0.25, 0.3) is 0 Å². The quantitative estimate of drug-likeness (QED) is 0.532. The van der Waals surface area contributed by atoms with Gasteiger partial charge in [0.25, 0.3) is 0 Å². The van der Waals surface area contributed by atoms with E-state index in [2.05, 4.69) is 99.2 Å². The van der Waals surface area contributed by atoms with Crippen LogP contribution >= 0.6 is 20.6 Å². The van der Waals surface area contributed by atoms with E-state index < -0.39 is 0 Å². The van der Waals surface area contributed by atoms with Crippen molar-refractivity contribution in [1.29, 1.82) is 0 Å². The van der Waals surface area contributed by atoms with E-state index in [9.17, 15) is 0 Å². The van der Waals surface area contributed by atoms with Crippen molar-refractivity contribution in [3.63, 3.8) is 0 Å². The normalized spacial score (nSPS) is 11.7. The van der Waals surface area contributed by atoms with Crippen LogP contribution in [-0.2, 0) is 12.8 Å². The summed E-state index contributed by atoms with van der Waals surface area (Å²) in [6.45, 7) is 2.18. The summed E-state index contributed by atoms with van der Waals surface area (Å²) < 4.78 is 0. The van der Waals surface area contributed by atoms with Gasteiger partial charge in [-0.3, -0.25) is 0 Å². The molecular weight excluding hydrogens is 343 g/mol. The summed E-state index contributed by atoms with van der Waals surface area (Å²) in [6, 6.07) is 18.3. The molecule has 0 atom stereocenters. The predicted octanol–water partition coefficient (Wildman–Crippen LogP) is 3.21. The molecule has 0 saturated carbocycles. The lowest BCUT2D eigenvalue weighted by Gasteiger charge is -2.18. The monoisotopic (exact) mass is 374 g/mol. The SMILES string of the molecule is CN(C)CCc1ccc(P(CS)c2ccc(CCN(C)C)cc2)cc1. The van der Waals surface area contributed by atoms with Crippen molar-refractivity contribution < 1.29 is 0 Å². The minimum Gasteiger partial charge on any atom is -0.309 e. The van der Waals surface area contributed by atoms with Crippen molar-refractivity contribution in [3.05, 3.63) is 59.7 Å². The second kappa shape index (κ2) is 10.3. The van der Waals surface area contributed by atoms with Crippen LogP contribution in [0.5, 0.6) is 0 Å². The highest BCUT2D eigenvalue weighted by Crippen LogP contribution is 2.34. The maximum atomic E-state index is 4.64. The molecule has 0 spiro atoms. The fourth-order valence-corrected chi connectivity index (χ4v) is 5.33. The van der Waals surface area contributed by atoms with Crippen LogP contribution in [0.15, 0.2) is 48.5 Å². The van der Waals surface area contributed by atoms with Gasteiger partial charge in [-0.15, -0.1) is 0 Å². The van der Waals surface area contributed by atoms with Gasteiger partial charge in [-0.1, -0.05) is 48.5 Å². The molecule has 0 unspecified atom stereocenters. The third-order valence-electron chi connectivity index (χ3n) is 4.33. The third kappa shape index (κ3) is 6.75. The fraction of sp³-hybridized carbons (Fsp3) is 0.429. The average Bonchev–Trinajstić information content (AvgIpc) is 2.61. The van der Waals surface area contributed by atoms with Crippen LogP contribution in [0.4, 0.5) is 0 Å². The van der Waals surface area contributed by atoms with Crippen molar-refractivity contribution in [2.24, 2.45) is 0 Å². The topological polar surface area (TPSA) is 6.48 Å². The number of likely N-dealkylation sites (N-methyl/N-ethyl adjacent to an activating group) is 2. The lowest BCUT2D eigenvalue weighted by atomic mass is 10.1. The molecule has 4 heteroatoms. The van der Waals surface area contributed by atoms with Crippen LogP contribution in [0, 0.1) is 0 Å². The van der Waals surface area contributed by atoms with Crippen LogP contribution in [-0.4, -0.2) is 56.6 Å².